The predicted molar refractivity (Wildman–Crippen MR) is 77.6 cm³/mol. The summed E-state index contributed by atoms with van der Waals surface area (Å²) in [5.74, 6) is 0. The highest BCUT2D eigenvalue weighted by molar-refractivity contribution is 6.31. The monoisotopic (exact) mass is 271 g/mol. The van der Waals surface area contributed by atoms with Crippen LogP contribution in [0.15, 0.2) is 36.9 Å². The van der Waals surface area contributed by atoms with E-state index < -0.39 is 0 Å². The predicted octanol–water partition coefficient (Wildman–Crippen LogP) is 3.75. The molecule has 0 saturated heterocycles. The van der Waals surface area contributed by atoms with Gasteiger partial charge >= 0.3 is 0 Å². The average Bonchev–Trinajstić information content (AvgIpc) is 2.76. The van der Waals surface area contributed by atoms with E-state index in [4.69, 9.17) is 11.6 Å². The van der Waals surface area contributed by atoms with E-state index in [9.17, 15) is 0 Å². The molecule has 3 aromatic rings. The molecule has 0 atom stereocenters. The molecular weight excluding hydrogens is 258 g/mol. The third kappa shape index (κ3) is 2.22. The van der Waals surface area contributed by atoms with Crippen LogP contribution < -0.4 is 0 Å². The third-order valence-corrected chi connectivity index (χ3v) is 3.77. The largest absolute Gasteiger partial charge is 0.326 e. The lowest BCUT2D eigenvalue weighted by atomic mass is 10.1. The molecule has 2 aromatic heterocycles. The Bertz CT molecular complexity index is 746. The van der Waals surface area contributed by atoms with Gasteiger partial charge < -0.3 is 4.57 Å². The maximum atomic E-state index is 6.15. The van der Waals surface area contributed by atoms with E-state index in [1.165, 1.54) is 11.1 Å². The van der Waals surface area contributed by atoms with E-state index in [1.54, 1.807) is 12.4 Å². The van der Waals surface area contributed by atoms with E-state index in [0.717, 1.165) is 16.6 Å². The molecule has 0 amide bonds. The smallest absolute Gasteiger partial charge is 0.0961 e. The SMILES string of the molecule is Cc1cc2ncn(Cc3ccncc3Cl)c2cc1C. The van der Waals surface area contributed by atoms with Gasteiger partial charge in [-0.1, -0.05) is 11.6 Å². The molecule has 0 spiro atoms. The molecule has 0 aliphatic rings. The first-order valence-corrected chi connectivity index (χ1v) is 6.53. The summed E-state index contributed by atoms with van der Waals surface area (Å²) in [5, 5.41) is 0.688. The minimum Gasteiger partial charge on any atom is -0.326 e. The maximum absolute atomic E-state index is 6.15. The van der Waals surface area contributed by atoms with E-state index >= 15 is 0 Å². The van der Waals surface area contributed by atoms with Gasteiger partial charge in [-0.05, 0) is 48.7 Å². The topological polar surface area (TPSA) is 30.7 Å². The number of imidazole rings is 1. The van der Waals surface area contributed by atoms with Crippen LogP contribution in [0.2, 0.25) is 5.02 Å². The molecule has 1 aromatic carbocycles. The van der Waals surface area contributed by atoms with Crippen LogP contribution in [0.3, 0.4) is 0 Å². The number of hydrogen-bond donors (Lipinski definition) is 0. The van der Waals surface area contributed by atoms with Crippen molar-refractivity contribution in [3.63, 3.8) is 0 Å². The molecule has 3 nitrogen and oxygen atoms in total. The number of benzene rings is 1. The molecule has 0 radical (unpaired) electrons. The number of pyridine rings is 1. The highest BCUT2D eigenvalue weighted by Gasteiger charge is 2.07. The number of fused-ring (bicyclic) bond motifs is 1. The quantitative estimate of drug-likeness (QED) is 0.711. The van der Waals surface area contributed by atoms with Gasteiger partial charge in [0, 0.05) is 12.4 Å². The zero-order valence-corrected chi connectivity index (χ0v) is 11.6. The van der Waals surface area contributed by atoms with Crippen molar-refractivity contribution in [2.45, 2.75) is 20.4 Å². The Hall–Kier alpha value is -1.87. The second-order valence-electron chi connectivity index (χ2n) is 4.76. The number of nitrogens with zero attached hydrogens (tertiary/aromatic N) is 3. The second-order valence-corrected chi connectivity index (χ2v) is 5.17. The van der Waals surface area contributed by atoms with Gasteiger partial charge in [0.05, 0.1) is 28.9 Å². The molecule has 0 saturated carbocycles. The van der Waals surface area contributed by atoms with Crippen molar-refractivity contribution < 1.29 is 0 Å². The number of hydrogen-bond acceptors (Lipinski definition) is 2. The van der Waals surface area contributed by atoms with Crippen molar-refractivity contribution in [3.05, 3.63) is 58.6 Å². The Morgan fingerprint density at radius 1 is 1.21 bits per heavy atom. The summed E-state index contributed by atoms with van der Waals surface area (Å²) >= 11 is 6.15. The summed E-state index contributed by atoms with van der Waals surface area (Å²) in [6.07, 6.45) is 5.29. The average molecular weight is 272 g/mol. The Morgan fingerprint density at radius 3 is 2.79 bits per heavy atom. The van der Waals surface area contributed by atoms with E-state index in [-0.39, 0.29) is 0 Å². The Balaban J connectivity index is 2.07. The summed E-state index contributed by atoms with van der Waals surface area (Å²) < 4.78 is 2.11. The van der Waals surface area contributed by atoms with Crippen molar-refractivity contribution in [1.29, 1.82) is 0 Å². The van der Waals surface area contributed by atoms with Crippen LogP contribution in [0.4, 0.5) is 0 Å². The highest BCUT2D eigenvalue weighted by Crippen LogP contribution is 2.21. The van der Waals surface area contributed by atoms with Gasteiger partial charge in [-0.2, -0.15) is 0 Å². The molecule has 96 valence electrons. The first kappa shape index (κ1) is 12.2. The van der Waals surface area contributed by atoms with Crippen molar-refractivity contribution in [1.82, 2.24) is 14.5 Å². The van der Waals surface area contributed by atoms with Crippen molar-refractivity contribution >= 4 is 22.6 Å². The number of halogens is 1. The second kappa shape index (κ2) is 4.67. The molecule has 2 heterocycles. The molecule has 0 aliphatic heterocycles. The fourth-order valence-electron chi connectivity index (χ4n) is 2.15. The zero-order chi connectivity index (χ0) is 13.4. The summed E-state index contributed by atoms with van der Waals surface area (Å²) in [6.45, 7) is 4.93. The Morgan fingerprint density at radius 2 is 2.00 bits per heavy atom. The minimum atomic E-state index is 0.688. The van der Waals surface area contributed by atoms with Gasteiger partial charge in [-0.25, -0.2) is 4.98 Å². The van der Waals surface area contributed by atoms with E-state index in [0.29, 0.717) is 11.6 Å². The van der Waals surface area contributed by atoms with Crippen molar-refractivity contribution in [3.8, 4) is 0 Å². The van der Waals surface area contributed by atoms with Crippen LogP contribution >= 0.6 is 11.6 Å². The van der Waals surface area contributed by atoms with Crippen LogP contribution in [0.25, 0.3) is 11.0 Å². The van der Waals surface area contributed by atoms with Gasteiger partial charge in [0.25, 0.3) is 0 Å². The number of rotatable bonds is 2. The van der Waals surface area contributed by atoms with E-state index in [1.807, 2.05) is 12.4 Å². The van der Waals surface area contributed by atoms with Crippen LogP contribution in [0.1, 0.15) is 16.7 Å². The summed E-state index contributed by atoms with van der Waals surface area (Å²) in [7, 11) is 0. The van der Waals surface area contributed by atoms with Crippen molar-refractivity contribution in [2.75, 3.05) is 0 Å². The van der Waals surface area contributed by atoms with Gasteiger partial charge in [0.1, 0.15) is 0 Å². The first-order chi connectivity index (χ1) is 9.15. The van der Waals surface area contributed by atoms with E-state index in [2.05, 4.69) is 40.5 Å². The molecular formula is C15H14ClN3. The maximum Gasteiger partial charge on any atom is 0.0961 e. The standard InChI is InChI=1S/C15H14ClN3/c1-10-5-14-15(6-11(10)2)19(9-18-14)8-12-3-4-17-7-13(12)16/h3-7,9H,8H2,1-2H3. The molecule has 0 aliphatic carbocycles. The van der Waals surface area contributed by atoms with Gasteiger partial charge in [0.2, 0.25) is 0 Å². The Kier molecular flexibility index (Phi) is 2.99. The lowest BCUT2D eigenvalue weighted by molar-refractivity contribution is 0.822. The van der Waals surface area contributed by atoms with Crippen LogP contribution in [0.5, 0.6) is 0 Å². The van der Waals surface area contributed by atoms with Crippen LogP contribution in [0, 0.1) is 13.8 Å². The third-order valence-electron chi connectivity index (χ3n) is 3.43. The first-order valence-electron chi connectivity index (χ1n) is 6.15. The van der Waals surface area contributed by atoms with Gasteiger partial charge in [0.15, 0.2) is 0 Å². The fourth-order valence-corrected chi connectivity index (χ4v) is 2.33. The van der Waals surface area contributed by atoms with Gasteiger partial charge in [-0.3, -0.25) is 4.98 Å². The molecule has 0 fully saturated rings. The molecule has 3 rings (SSSR count). The van der Waals surface area contributed by atoms with Gasteiger partial charge in [-0.15, -0.1) is 0 Å². The minimum absolute atomic E-state index is 0.688. The summed E-state index contributed by atoms with van der Waals surface area (Å²) in [4.78, 5) is 8.46. The molecule has 19 heavy (non-hydrogen) atoms. The zero-order valence-electron chi connectivity index (χ0n) is 10.9. The lowest BCUT2D eigenvalue weighted by Crippen LogP contribution is -1.99. The highest BCUT2D eigenvalue weighted by atomic mass is 35.5. The number of aromatic nitrogens is 3. The molecule has 4 heteroatoms. The molecule has 0 N–H and O–H groups in total. The van der Waals surface area contributed by atoms with Crippen molar-refractivity contribution in [2.24, 2.45) is 0 Å². The fraction of sp³-hybridized carbons (Fsp3) is 0.200. The normalized spacial score (nSPS) is 11.1. The Labute approximate surface area is 116 Å². The molecule has 0 bridgehead atoms. The molecule has 0 unspecified atom stereocenters. The van der Waals surface area contributed by atoms with Crippen LogP contribution in [-0.4, -0.2) is 14.5 Å². The summed E-state index contributed by atoms with van der Waals surface area (Å²) in [6, 6.07) is 6.23. The van der Waals surface area contributed by atoms with Crippen LogP contribution in [-0.2, 0) is 6.54 Å². The summed E-state index contributed by atoms with van der Waals surface area (Å²) in [5.41, 5.74) is 5.74. The number of aryl methyl sites for hydroxylation is 2. The lowest BCUT2D eigenvalue weighted by Gasteiger charge is -2.07.